The molecule has 1 atom stereocenters. The van der Waals surface area contributed by atoms with E-state index in [-0.39, 0.29) is 5.69 Å². The molecular formula is C12H18N2O4. The number of pyridine rings is 1. The first-order valence-corrected chi connectivity index (χ1v) is 5.70. The summed E-state index contributed by atoms with van der Waals surface area (Å²) in [5.41, 5.74) is 0.699. The number of hydrogen-bond donors (Lipinski definition) is 3. The van der Waals surface area contributed by atoms with Gasteiger partial charge in [-0.15, -0.1) is 0 Å². The van der Waals surface area contributed by atoms with Crippen molar-refractivity contribution in [2.24, 2.45) is 0 Å². The summed E-state index contributed by atoms with van der Waals surface area (Å²) in [5, 5.41) is 21.3. The fraction of sp³-hybridized carbons (Fsp3) is 0.500. The number of aromatic nitrogens is 1. The number of methoxy groups -OCH3 is 1. The molecule has 1 rings (SSSR count). The molecule has 18 heavy (non-hydrogen) atoms. The zero-order valence-electron chi connectivity index (χ0n) is 10.3. The van der Waals surface area contributed by atoms with Crippen LogP contribution in [0.5, 0.6) is 0 Å². The number of carboxylic acid groups (broad SMARTS) is 1. The number of hydrogen-bond acceptors (Lipinski definition) is 5. The van der Waals surface area contributed by atoms with Gasteiger partial charge in [0, 0.05) is 13.7 Å². The molecule has 0 aliphatic heterocycles. The maximum absolute atomic E-state index is 10.7. The van der Waals surface area contributed by atoms with Gasteiger partial charge in [-0.3, -0.25) is 0 Å². The molecule has 1 aromatic heterocycles. The summed E-state index contributed by atoms with van der Waals surface area (Å²) in [4.78, 5) is 14.7. The standard InChI is InChI=1S/C12H18N2O4/c1-18-8-10(15)5-6-13-7-9-3-2-4-11(14-9)12(16)17/h2-4,10,13,15H,5-8H2,1H3,(H,16,17). The summed E-state index contributed by atoms with van der Waals surface area (Å²) in [5.74, 6) is -1.03. The topological polar surface area (TPSA) is 91.7 Å². The van der Waals surface area contributed by atoms with Crippen LogP contribution in [0.3, 0.4) is 0 Å². The van der Waals surface area contributed by atoms with Crippen molar-refractivity contribution in [2.45, 2.75) is 19.1 Å². The number of rotatable bonds is 8. The van der Waals surface area contributed by atoms with Crippen molar-refractivity contribution in [1.82, 2.24) is 10.3 Å². The zero-order valence-corrected chi connectivity index (χ0v) is 10.3. The minimum atomic E-state index is -1.03. The number of carbonyl (C=O) groups is 1. The Hall–Kier alpha value is -1.50. The summed E-state index contributed by atoms with van der Waals surface area (Å²) < 4.78 is 4.81. The van der Waals surface area contributed by atoms with E-state index in [9.17, 15) is 9.90 Å². The van der Waals surface area contributed by atoms with Crippen LogP contribution in [0.4, 0.5) is 0 Å². The lowest BCUT2D eigenvalue weighted by atomic mass is 10.2. The Morgan fingerprint density at radius 3 is 3.00 bits per heavy atom. The minimum Gasteiger partial charge on any atom is -0.477 e. The molecule has 0 bridgehead atoms. The highest BCUT2D eigenvalue weighted by molar-refractivity contribution is 5.85. The fourth-order valence-corrected chi connectivity index (χ4v) is 1.46. The van der Waals surface area contributed by atoms with Gasteiger partial charge < -0.3 is 20.3 Å². The lowest BCUT2D eigenvalue weighted by Crippen LogP contribution is -2.23. The normalized spacial score (nSPS) is 12.3. The monoisotopic (exact) mass is 254 g/mol. The van der Waals surface area contributed by atoms with E-state index >= 15 is 0 Å². The van der Waals surface area contributed by atoms with Gasteiger partial charge in [-0.05, 0) is 25.1 Å². The lowest BCUT2D eigenvalue weighted by molar-refractivity contribution is 0.0594. The van der Waals surface area contributed by atoms with Gasteiger partial charge in [0.25, 0.3) is 0 Å². The molecule has 6 nitrogen and oxygen atoms in total. The molecule has 0 spiro atoms. The second-order valence-corrected chi connectivity index (χ2v) is 3.89. The number of nitrogens with one attached hydrogen (secondary N) is 1. The molecule has 100 valence electrons. The van der Waals surface area contributed by atoms with Gasteiger partial charge in [0.05, 0.1) is 18.4 Å². The molecule has 0 saturated carbocycles. The van der Waals surface area contributed by atoms with Gasteiger partial charge in [0.15, 0.2) is 0 Å². The number of nitrogens with zero attached hydrogens (tertiary/aromatic N) is 1. The van der Waals surface area contributed by atoms with Gasteiger partial charge in [0.2, 0.25) is 0 Å². The molecule has 0 amide bonds. The first kappa shape index (κ1) is 14.6. The van der Waals surface area contributed by atoms with E-state index in [0.29, 0.717) is 31.8 Å². The largest absolute Gasteiger partial charge is 0.477 e. The van der Waals surface area contributed by atoms with E-state index in [1.54, 1.807) is 12.1 Å². The molecule has 0 radical (unpaired) electrons. The van der Waals surface area contributed by atoms with E-state index in [1.807, 2.05) is 0 Å². The highest BCUT2D eigenvalue weighted by Gasteiger charge is 2.05. The number of ether oxygens (including phenoxy) is 1. The summed E-state index contributed by atoms with van der Waals surface area (Å²) in [6.45, 7) is 1.40. The lowest BCUT2D eigenvalue weighted by Gasteiger charge is -2.09. The Morgan fingerprint density at radius 2 is 2.33 bits per heavy atom. The highest BCUT2D eigenvalue weighted by Crippen LogP contribution is 1.99. The second-order valence-electron chi connectivity index (χ2n) is 3.89. The van der Waals surface area contributed by atoms with Crippen LogP contribution in [0, 0.1) is 0 Å². The molecule has 1 unspecified atom stereocenters. The van der Waals surface area contributed by atoms with Gasteiger partial charge in [-0.2, -0.15) is 0 Å². The van der Waals surface area contributed by atoms with Crippen LogP contribution in [0.15, 0.2) is 18.2 Å². The predicted molar refractivity (Wildman–Crippen MR) is 65.4 cm³/mol. The molecule has 3 N–H and O–H groups in total. The van der Waals surface area contributed by atoms with Crippen LogP contribution in [0.1, 0.15) is 22.6 Å². The number of carboxylic acids is 1. The summed E-state index contributed by atoms with van der Waals surface area (Å²) in [6.07, 6.45) is 0.0905. The van der Waals surface area contributed by atoms with Gasteiger partial charge in [-0.1, -0.05) is 6.07 Å². The van der Waals surface area contributed by atoms with Crippen LogP contribution in [0.25, 0.3) is 0 Å². The van der Waals surface area contributed by atoms with Crippen LogP contribution in [0.2, 0.25) is 0 Å². The number of aliphatic hydroxyl groups excluding tert-OH is 1. The van der Waals surface area contributed by atoms with E-state index in [2.05, 4.69) is 10.3 Å². The average Bonchev–Trinajstić information content (AvgIpc) is 2.35. The Kier molecular flexibility index (Phi) is 6.27. The Balaban J connectivity index is 2.31. The number of aromatic carboxylic acids is 1. The quantitative estimate of drug-likeness (QED) is 0.577. The first-order chi connectivity index (χ1) is 8.63. The third-order valence-electron chi connectivity index (χ3n) is 2.35. The summed E-state index contributed by atoms with van der Waals surface area (Å²) >= 11 is 0. The van der Waals surface area contributed by atoms with Gasteiger partial charge in [-0.25, -0.2) is 9.78 Å². The fourth-order valence-electron chi connectivity index (χ4n) is 1.46. The van der Waals surface area contributed by atoms with Crippen molar-refractivity contribution in [3.63, 3.8) is 0 Å². The third kappa shape index (κ3) is 5.22. The van der Waals surface area contributed by atoms with Crippen molar-refractivity contribution < 1.29 is 19.7 Å². The molecule has 6 heteroatoms. The molecular weight excluding hydrogens is 236 g/mol. The molecule has 0 fully saturated rings. The van der Waals surface area contributed by atoms with Gasteiger partial charge >= 0.3 is 5.97 Å². The molecule has 0 aliphatic carbocycles. The predicted octanol–water partition coefficient (Wildman–Crippen LogP) is 0.267. The van der Waals surface area contributed by atoms with Gasteiger partial charge in [0.1, 0.15) is 5.69 Å². The highest BCUT2D eigenvalue weighted by atomic mass is 16.5. The molecule has 0 aromatic carbocycles. The molecule has 0 aliphatic rings. The summed E-state index contributed by atoms with van der Waals surface area (Å²) in [7, 11) is 1.54. The first-order valence-electron chi connectivity index (χ1n) is 5.70. The summed E-state index contributed by atoms with van der Waals surface area (Å²) in [6, 6.07) is 4.87. The van der Waals surface area contributed by atoms with E-state index in [4.69, 9.17) is 9.84 Å². The van der Waals surface area contributed by atoms with Crippen molar-refractivity contribution in [2.75, 3.05) is 20.3 Å². The van der Waals surface area contributed by atoms with Crippen molar-refractivity contribution in [3.05, 3.63) is 29.6 Å². The number of aliphatic hydroxyl groups is 1. The maximum Gasteiger partial charge on any atom is 0.354 e. The van der Waals surface area contributed by atoms with Crippen molar-refractivity contribution in [3.8, 4) is 0 Å². The van der Waals surface area contributed by atoms with E-state index in [1.165, 1.54) is 13.2 Å². The van der Waals surface area contributed by atoms with Crippen molar-refractivity contribution >= 4 is 5.97 Å². The zero-order chi connectivity index (χ0) is 13.4. The van der Waals surface area contributed by atoms with E-state index < -0.39 is 12.1 Å². The van der Waals surface area contributed by atoms with Crippen LogP contribution >= 0.6 is 0 Å². The van der Waals surface area contributed by atoms with Crippen LogP contribution in [-0.2, 0) is 11.3 Å². The second kappa shape index (κ2) is 7.75. The average molecular weight is 254 g/mol. The Bertz CT molecular complexity index is 384. The molecule has 1 aromatic rings. The molecule has 0 saturated heterocycles. The Morgan fingerprint density at radius 1 is 1.56 bits per heavy atom. The third-order valence-corrected chi connectivity index (χ3v) is 2.35. The van der Waals surface area contributed by atoms with Crippen LogP contribution in [-0.4, -0.2) is 47.5 Å². The Labute approximate surface area is 106 Å². The van der Waals surface area contributed by atoms with E-state index in [0.717, 1.165) is 0 Å². The SMILES string of the molecule is COCC(O)CCNCc1cccc(C(=O)O)n1. The molecule has 1 heterocycles. The maximum atomic E-state index is 10.7. The smallest absolute Gasteiger partial charge is 0.354 e. The van der Waals surface area contributed by atoms with Crippen LogP contribution < -0.4 is 5.32 Å². The van der Waals surface area contributed by atoms with Crippen molar-refractivity contribution in [1.29, 1.82) is 0 Å². The minimum absolute atomic E-state index is 0.0358.